The van der Waals surface area contributed by atoms with Crippen LogP contribution in [0.25, 0.3) is 0 Å². The number of rotatable bonds is 5. The van der Waals surface area contributed by atoms with Gasteiger partial charge in [-0.1, -0.05) is 25.5 Å². The van der Waals surface area contributed by atoms with Crippen molar-refractivity contribution < 1.29 is 9.84 Å². The lowest BCUT2D eigenvalue weighted by molar-refractivity contribution is 0.165. The Kier molecular flexibility index (Phi) is 4.25. The second-order valence-electron chi connectivity index (χ2n) is 5.40. The number of aryl methyl sites for hydroxylation is 1. The van der Waals surface area contributed by atoms with Crippen molar-refractivity contribution in [3.8, 4) is 5.75 Å². The first-order chi connectivity index (χ1) is 8.65. The van der Waals surface area contributed by atoms with Gasteiger partial charge in [0.25, 0.3) is 0 Å². The van der Waals surface area contributed by atoms with Crippen molar-refractivity contribution in [2.24, 2.45) is 5.73 Å². The summed E-state index contributed by atoms with van der Waals surface area (Å²) in [6.45, 7) is 2.22. The first kappa shape index (κ1) is 13.4. The number of aliphatic hydroxyl groups is 1. The molecule has 2 unspecified atom stereocenters. The van der Waals surface area contributed by atoms with Gasteiger partial charge in [0.05, 0.1) is 6.61 Å². The number of benzene rings is 1. The van der Waals surface area contributed by atoms with Crippen LogP contribution in [0, 0.1) is 0 Å². The minimum Gasteiger partial charge on any atom is -0.490 e. The van der Waals surface area contributed by atoms with E-state index < -0.39 is 5.54 Å². The van der Waals surface area contributed by atoms with Crippen molar-refractivity contribution in [2.45, 2.75) is 50.7 Å². The van der Waals surface area contributed by atoms with E-state index >= 15 is 0 Å². The molecule has 0 amide bonds. The smallest absolute Gasteiger partial charge is 0.119 e. The summed E-state index contributed by atoms with van der Waals surface area (Å²) in [6, 6.07) is 8.30. The summed E-state index contributed by atoms with van der Waals surface area (Å²) < 4.78 is 5.91. The lowest BCUT2D eigenvalue weighted by atomic mass is 10.0. The van der Waals surface area contributed by atoms with Crippen LogP contribution < -0.4 is 10.5 Å². The Hall–Kier alpha value is -1.06. The Morgan fingerprint density at radius 2 is 2.11 bits per heavy atom. The Balaban J connectivity index is 1.90. The van der Waals surface area contributed by atoms with Crippen LogP contribution in [0.2, 0.25) is 0 Å². The summed E-state index contributed by atoms with van der Waals surface area (Å²) >= 11 is 0. The third-order valence-corrected chi connectivity index (χ3v) is 3.68. The summed E-state index contributed by atoms with van der Waals surface area (Å²) in [5, 5.41) is 9.22. The number of hydrogen-bond acceptors (Lipinski definition) is 3. The van der Waals surface area contributed by atoms with Gasteiger partial charge in [0.1, 0.15) is 11.9 Å². The van der Waals surface area contributed by atoms with E-state index in [0.29, 0.717) is 0 Å². The van der Waals surface area contributed by atoms with Crippen LogP contribution in [-0.4, -0.2) is 23.4 Å². The first-order valence-corrected chi connectivity index (χ1v) is 6.80. The molecule has 0 heterocycles. The Labute approximate surface area is 109 Å². The monoisotopic (exact) mass is 249 g/mol. The van der Waals surface area contributed by atoms with Crippen molar-refractivity contribution in [3.63, 3.8) is 0 Å². The highest BCUT2D eigenvalue weighted by Crippen LogP contribution is 2.30. The lowest BCUT2D eigenvalue weighted by Crippen LogP contribution is -2.41. The SMILES string of the molecule is CCCc1ccc(OC2CCC(N)(CO)C2)cc1. The van der Waals surface area contributed by atoms with Gasteiger partial charge in [-0.3, -0.25) is 0 Å². The minimum absolute atomic E-state index is 0.0439. The van der Waals surface area contributed by atoms with Crippen LogP contribution in [0.3, 0.4) is 0 Å². The van der Waals surface area contributed by atoms with Gasteiger partial charge in [0.15, 0.2) is 0 Å². The summed E-state index contributed by atoms with van der Waals surface area (Å²) in [7, 11) is 0. The fourth-order valence-corrected chi connectivity index (χ4v) is 2.57. The molecular formula is C15H23NO2. The first-order valence-electron chi connectivity index (χ1n) is 6.80. The second kappa shape index (κ2) is 5.72. The van der Waals surface area contributed by atoms with Crippen LogP contribution in [-0.2, 0) is 6.42 Å². The molecule has 1 aliphatic carbocycles. The van der Waals surface area contributed by atoms with Crippen LogP contribution in [0.4, 0.5) is 0 Å². The maximum atomic E-state index is 9.22. The van der Waals surface area contributed by atoms with Crippen LogP contribution in [0.15, 0.2) is 24.3 Å². The van der Waals surface area contributed by atoms with Crippen LogP contribution in [0.1, 0.15) is 38.2 Å². The standard InChI is InChI=1S/C15H23NO2/c1-2-3-12-4-6-13(7-5-12)18-14-8-9-15(16,10-14)11-17/h4-7,14,17H,2-3,8-11,16H2,1H3. The van der Waals surface area contributed by atoms with Gasteiger partial charge < -0.3 is 15.6 Å². The topological polar surface area (TPSA) is 55.5 Å². The van der Waals surface area contributed by atoms with E-state index in [-0.39, 0.29) is 12.7 Å². The Morgan fingerprint density at radius 3 is 2.67 bits per heavy atom. The van der Waals surface area contributed by atoms with Gasteiger partial charge in [-0.25, -0.2) is 0 Å². The molecule has 0 saturated heterocycles. The zero-order chi connectivity index (χ0) is 13.0. The summed E-state index contributed by atoms with van der Waals surface area (Å²) in [6.07, 6.45) is 4.91. The Bertz CT molecular complexity index is 377. The highest BCUT2D eigenvalue weighted by molar-refractivity contribution is 5.27. The molecule has 3 nitrogen and oxygen atoms in total. The highest BCUT2D eigenvalue weighted by atomic mass is 16.5. The molecule has 2 atom stereocenters. The molecular weight excluding hydrogens is 226 g/mol. The van der Waals surface area contributed by atoms with Gasteiger partial charge in [-0.15, -0.1) is 0 Å². The average Bonchev–Trinajstić information content (AvgIpc) is 2.75. The van der Waals surface area contributed by atoms with E-state index in [4.69, 9.17) is 10.5 Å². The quantitative estimate of drug-likeness (QED) is 0.841. The molecule has 0 radical (unpaired) electrons. The van der Waals surface area contributed by atoms with Crippen molar-refractivity contribution in [1.29, 1.82) is 0 Å². The van der Waals surface area contributed by atoms with E-state index in [1.165, 1.54) is 5.56 Å². The summed E-state index contributed by atoms with van der Waals surface area (Å²) in [4.78, 5) is 0. The maximum Gasteiger partial charge on any atom is 0.119 e. The molecule has 0 aromatic heterocycles. The molecule has 1 fully saturated rings. The van der Waals surface area contributed by atoms with E-state index in [9.17, 15) is 5.11 Å². The van der Waals surface area contributed by atoms with Gasteiger partial charge in [0.2, 0.25) is 0 Å². The van der Waals surface area contributed by atoms with Crippen molar-refractivity contribution in [3.05, 3.63) is 29.8 Å². The molecule has 18 heavy (non-hydrogen) atoms. The molecule has 1 aliphatic rings. The van der Waals surface area contributed by atoms with Gasteiger partial charge in [-0.2, -0.15) is 0 Å². The van der Waals surface area contributed by atoms with Crippen molar-refractivity contribution in [1.82, 2.24) is 0 Å². The van der Waals surface area contributed by atoms with Gasteiger partial charge >= 0.3 is 0 Å². The minimum atomic E-state index is -0.438. The van der Waals surface area contributed by atoms with E-state index in [2.05, 4.69) is 19.1 Å². The zero-order valence-corrected chi connectivity index (χ0v) is 11.1. The predicted molar refractivity (Wildman–Crippen MR) is 72.7 cm³/mol. The molecule has 3 N–H and O–H groups in total. The number of nitrogens with two attached hydrogens (primary N) is 1. The zero-order valence-electron chi connectivity index (χ0n) is 11.1. The molecule has 1 aromatic rings. The summed E-state index contributed by atoms with van der Waals surface area (Å²) in [5.74, 6) is 0.905. The predicted octanol–water partition coefficient (Wildman–Crippen LogP) is 2.26. The molecule has 0 bridgehead atoms. The molecule has 2 rings (SSSR count). The van der Waals surface area contributed by atoms with Gasteiger partial charge in [-0.05, 0) is 37.0 Å². The maximum absolute atomic E-state index is 9.22. The third-order valence-electron chi connectivity index (χ3n) is 3.68. The molecule has 3 heteroatoms. The fraction of sp³-hybridized carbons (Fsp3) is 0.600. The van der Waals surface area contributed by atoms with Crippen LogP contribution in [0.5, 0.6) is 5.75 Å². The molecule has 0 spiro atoms. The number of hydrogen-bond donors (Lipinski definition) is 2. The van der Waals surface area contributed by atoms with Crippen molar-refractivity contribution in [2.75, 3.05) is 6.61 Å². The van der Waals surface area contributed by atoms with E-state index in [1.54, 1.807) is 0 Å². The number of ether oxygens (including phenoxy) is 1. The third kappa shape index (κ3) is 3.24. The highest BCUT2D eigenvalue weighted by Gasteiger charge is 2.36. The largest absolute Gasteiger partial charge is 0.490 e. The molecule has 1 saturated carbocycles. The number of aliphatic hydroxyl groups excluding tert-OH is 1. The van der Waals surface area contributed by atoms with E-state index in [0.717, 1.165) is 37.9 Å². The van der Waals surface area contributed by atoms with E-state index in [1.807, 2.05) is 12.1 Å². The molecule has 1 aromatic carbocycles. The van der Waals surface area contributed by atoms with Crippen LogP contribution >= 0.6 is 0 Å². The fourth-order valence-electron chi connectivity index (χ4n) is 2.57. The lowest BCUT2D eigenvalue weighted by Gasteiger charge is -2.21. The Morgan fingerprint density at radius 1 is 1.39 bits per heavy atom. The average molecular weight is 249 g/mol. The second-order valence-corrected chi connectivity index (χ2v) is 5.40. The summed E-state index contributed by atoms with van der Waals surface area (Å²) in [5.41, 5.74) is 6.95. The van der Waals surface area contributed by atoms with Crippen molar-refractivity contribution >= 4 is 0 Å². The normalized spacial score (nSPS) is 27.4. The molecule has 100 valence electrons. The van der Waals surface area contributed by atoms with Gasteiger partial charge in [0, 0.05) is 12.0 Å². The molecule has 0 aliphatic heterocycles.